The fraction of sp³-hybridized carbons (Fsp3) is 0.176. The summed E-state index contributed by atoms with van der Waals surface area (Å²) in [5.74, 6) is -2.57. The van der Waals surface area contributed by atoms with Gasteiger partial charge in [-0.3, -0.25) is 4.79 Å². The molecule has 1 aliphatic heterocycles. The van der Waals surface area contributed by atoms with E-state index in [1.54, 1.807) is 17.0 Å². The number of amides is 1. The predicted molar refractivity (Wildman–Crippen MR) is 84.0 cm³/mol. The van der Waals surface area contributed by atoms with Crippen molar-refractivity contribution in [2.45, 2.75) is 6.92 Å². The van der Waals surface area contributed by atoms with Crippen molar-refractivity contribution in [3.05, 3.63) is 53.6 Å². The second-order valence-corrected chi connectivity index (χ2v) is 5.48. The maximum Gasteiger partial charge on any atom is 0.331 e. The number of halogens is 2. The highest BCUT2D eigenvalue weighted by Crippen LogP contribution is 2.32. The lowest BCUT2D eigenvalue weighted by molar-refractivity contribution is -0.133. The van der Waals surface area contributed by atoms with Gasteiger partial charge in [-0.1, -0.05) is 6.07 Å². The van der Waals surface area contributed by atoms with Crippen molar-refractivity contribution >= 4 is 23.3 Å². The number of aryl methyl sites for hydroxylation is 1. The van der Waals surface area contributed by atoms with Crippen molar-refractivity contribution < 1.29 is 23.1 Å². The third-order valence-electron chi connectivity index (χ3n) is 3.54. The molecule has 0 bridgehead atoms. The molecule has 0 aliphatic carbocycles. The van der Waals surface area contributed by atoms with Gasteiger partial charge in [-0.2, -0.15) is 0 Å². The molecule has 3 rings (SSSR count). The van der Waals surface area contributed by atoms with Crippen molar-refractivity contribution in [1.29, 1.82) is 0 Å². The van der Waals surface area contributed by atoms with Crippen molar-refractivity contribution in [2.75, 3.05) is 23.3 Å². The highest BCUT2D eigenvalue weighted by Gasteiger charge is 2.25. The molecular weight excluding hydrogens is 318 g/mol. The van der Waals surface area contributed by atoms with Crippen LogP contribution in [0.25, 0.3) is 0 Å². The van der Waals surface area contributed by atoms with Gasteiger partial charge in [0.1, 0.15) is 6.54 Å². The predicted octanol–water partition coefficient (Wildman–Crippen LogP) is 2.64. The molecular formula is C17H14F2N2O3. The Bertz CT molecular complexity index is 823. The van der Waals surface area contributed by atoms with Crippen LogP contribution in [0.4, 0.5) is 20.2 Å². The fourth-order valence-electron chi connectivity index (χ4n) is 2.45. The van der Waals surface area contributed by atoms with Crippen LogP contribution in [0, 0.1) is 18.6 Å². The summed E-state index contributed by atoms with van der Waals surface area (Å²) in [6, 6.07) is 8.38. The van der Waals surface area contributed by atoms with E-state index in [1.807, 2.05) is 13.0 Å². The number of nitrogens with zero attached hydrogens (tertiary/aromatic N) is 1. The summed E-state index contributed by atoms with van der Waals surface area (Å²) in [6.45, 7) is 1.70. The first-order valence-electron chi connectivity index (χ1n) is 7.23. The zero-order valence-corrected chi connectivity index (χ0v) is 12.8. The van der Waals surface area contributed by atoms with Crippen LogP contribution >= 0.6 is 0 Å². The summed E-state index contributed by atoms with van der Waals surface area (Å²) < 4.78 is 31.2. The highest BCUT2D eigenvalue weighted by molar-refractivity contribution is 5.96. The number of anilines is 2. The summed E-state index contributed by atoms with van der Waals surface area (Å²) in [4.78, 5) is 25.4. The number of benzene rings is 2. The van der Waals surface area contributed by atoms with E-state index in [4.69, 9.17) is 4.74 Å². The minimum Gasteiger partial charge on any atom is -0.423 e. The lowest BCUT2D eigenvalue weighted by atomic mass is 10.1. The normalized spacial score (nSPS) is 13.3. The number of carbonyl (C=O) groups excluding carboxylic acids is 2. The lowest BCUT2D eigenvalue weighted by Gasteiger charge is -2.29. The van der Waals surface area contributed by atoms with Crippen LogP contribution in [0.3, 0.4) is 0 Å². The van der Waals surface area contributed by atoms with Gasteiger partial charge in [0, 0.05) is 11.8 Å². The SMILES string of the molecule is Cc1ccc2c(c1)N(CC(=O)Nc1ccc(F)c(F)c1)CC(=O)O2. The van der Waals surface area contributed by atoms with E-state index >= 15 is 0 Å². The zero-order chi connectivity index (χ0) is 17.3. The molecule has 24 heavy (non-hydrogen) atoms. The molecule has 0 fully saturated rings. The monoisotopic (exact) mass is 332 g/mol. The molecule has 0 saturated carbocycles. The molecule has 2 aromatic rings. The Morgan fingerprint density at radius 2 is 2.00 bits per heavy atom. The van der Waals surface area contributed by atoms with Gasteiger partial charge >= 0.3 is 5.97 Å². The number of rotatable bonds is 3. The molecule has 1 heterocycles. The highest BCUT2D eigenvalue weighted by atomic mass is 19.2. The van der Waals surface area contributed by atoms with E-state index in [1.165, 1.54) is 6.07 Å². The Morgan fingerprint density at radius 3 is 2.75 bits per heavy atom. The van der Waals surface area contributed by atoms with Crippen molar-refractivity contribution in [2.24, 2.45) is 0 Å². The average Bonchev–Trinajstić information content (AvgIpc) is 2.51. The van der Waals surface area contributed by atoms with Crippen molar-refractivity contribution in [3.8, 4) is 5.75 Å². The Labute approximate surface area is 136 Å². The minimum absolute atomic E-state index is 0.0678. The maximum atomic E-state index is 13.2. The van der Waals surface area contributed by atoms with E-state index in [9.17, 15) is 18.4 Å². The van der Waals surface area contributed by atoms with E-state index in [-0.39, 0.29) is 18.8 Å². The number of nitrogens with one attached hydrogen (secondary N) is 1. The fourth-order valence-corrected chi connectivity index (χ4v) is 2.45. The van der Waals surface area contributed by atoms with E-state index in [2.05, 4.69) is 5.32 Å². The first-order chi connectivity index (χ1) is 11.4. The number of esters is 1. The smallest absolute Gasteiger partial charge is 0.331 e. The molecule has 0 spiro atoms. The van der Waals surface area contributed by atoms with Crippen molar-refractivity contribution in [1.82, 2.24) is 0 Å². The second kappa shape index (κ2) is 6.27. The average molecular weight is 332 g/mol. The Morgan fingerprint density at radius 1 is 1.21 bits per heavy atom. The summed E-state index contributed by atoms with van der Waals surface area (Å²) in [7, 11) is 0. The van der Waals surface area contributed by atoms with Crippen LogP contribution < -0.4 is 15.0 Å². The molecule has 7 heteroatoms. The number of hydrogen-bond acceptors (Lipinski definition) is 4. The molecule has 1 aliphatic rings. The Balaban J connectivity index is 1.76. The summed E-state index contributed by atoms with van der Waals surface area (Å²) in [5.41, 5.74) is 1.73. The Kier molecular flexibility index (Phi) is 4.16. The molecule has 1 amide bonds. The van der Waals surface area contributed by atoms with Crippen LogP contribution in [0.2, 0.25) is 0 Å². The Hall–Kier alpha value is -2.96. The van der Waals surface area contributed by atoms with E-state index in [0.29, 0.717) is 11.4 Å². The van der Waals surface area contributed by atoms with Gasteiger partial charge in [0.25, 0.3) is 0 Å². The van der Waals surface area contributed by atoms with Gasteiger partial charge < -0.3 is 15.0 Å². The summed E-state index contributed by atoms with van der Waals surface area (Å²) in [6.07, 6.45) is 0. The standard InChI is InChI=1S/C17H14F2N2O3/c1-10-2-5-15-14(6-10)21(9-17(23)24-15)8-16(22)20-11-3-4-12(18)13(19)7-11/h2-7H,8-9H2,1H3,(H,20,22). The summed E-state index contributed by atoms with van der Waals surface area (Å²) in [5, 5.41) is 2.48. The van der Waals surface area contributed by atoms with Crippen LogP contribution in [0.15, 0.2) is 36.4 Å². The van der Waals surface area contributed by atoms with Crippen molar-refractivity contribution in [3.63, 3.8) is 0 Å². The van der Waals surface area contributed by atoms with Gasteiger partial charge in [0.15, 0.2) is 17.4 Å². The largest absolute Gasteiger partial charge is 0.423 e. The topological polar surface area (TPSA) is 58.6 Å². The van der Waals surface area contributed by atoms with Gasteiger partial charge in [-0.15, -0.1) is 0 Å². The quantitative estimate of drug-likeness (QED) is 0.693. The number of hydrogen-bond donors (Lipinski definition) is 1. The number of fused-ring (bicyclic) bond motifs is 1. The number of carbonyl (C=O) groups is 2. The van der Waals surface area contributed by atoms with Gasteiger partial charge in [-0.25, -0.2) is 13.6 Å². The minimum atomic E-state index is -1.05. The molecule has 0 saturated heterocycles. The maximum absolute atomic E-state index is 13.2. The molecule has 1 N–H and O–H groups in total. The van der Waals surface area contributed by atoms with Crippen LogP contribution in [-0.2, 0) is 9.59 Å². The van der Waals surface area contributed by atoms with Gasteiger partial charge in [-0.05, 0) is 36.8 Å². The molecule has 2 aromatic carbocycles. The molecule has 124 valence electrons. The van der Waals surface area contributed by atoms with Crippen LogP contribution in [0.5, 0.6) is 5.75 Å². The number of ether oxygens (including phenoxy) is 1. The van der Waals surface area contributed by atoms with Crippen LogP contribution in [0.1, 0.15) is 5.56 Å². The molecule has 0 aromatic heterocycles. The molecule has 5 nitrogen and oxygen atoms in total. The first kappa shape index (κ1) is 15.9. The first-order valence-corrected chi connectivity index (χ1v) is 7.23. The molecule has 0 unspecified atom stereocenters. The van der Waals surface area contributed by atoms with E-state index in [0.717, 1.165) is 17.7 Å². The molecule has 0 radical (unpaired) electrons. The summed E-state index contributed by atoms with van der Waals surface area (Å²) >= 11 is 0. The van der Waals surface area contributed by atoms with Gasteiger partial charge in [0.2, 0.25) is 5.91 Å². The van der Waals surface area contributed by atoms with Crippen LogP contribution in [-0.4, -0.2) is 25.0 Å². The molecule has 0 atom stereocenters. The van der Waals surface area contributed by atoms with E-state index < -0.39 is 23.5 Å². The second-order valence-electron chi connectivity index (χ2n) is 5.48. The zero-order valence-electron chi connectivity index (χ0n) is 12.8. The van der Waals surface area contributed by atoms with Gasteiger partial charge in [0.05, 0.1) is 12.2 Å². The third kappa shape index (κ3) is 3.34. The lowest BCUT2D eigenvalue weighted by Crippen LogP contribution is -2.41. The third-order valence-corrected chi connectivity index (χ3v) is 3.54.